The van der Waals surface area contributed by atoms with Gasteiger partial charge in [-0.05, 0) is 121 Å². The molecule has 0 saturated heterocycles. The van der Waals surface area contributed by atoms with Crippen LogP contribution < -0.4 is 4.90 Å². The van der Waals surface area contributed by atoms with Crippen molar-refractivity contribution in [1.82, 2.24) is 0 Å². The molecule has 318 valence electrons. The first-order chi connectivity index (χ1) is 32.7. The van der Waals surface area contributed by atoms with Gasteiger partial charge in [-0.25, -0.2) is 0 Å². The first-order valence-electron chi connectivity index (χ1n) is 23.4. The van der Waals surface area contributed by atoms with E-state index in [9.17, 15) is 0 Å². The molecule has 0 radical (unpaired) electrons. The number of hydrogen-bond donors (Lipinski definition) is 0. The Morgan fingerprint density at radius 1 is 0.358 bits per heavy atom. The van der Waals surface area contributed by atoms with E-state index in [0.717, 1.165) is 83.2 Å². The molecule has 0 fully saturated rings. The van der Waals surface area contributed by atoms with Crippen LogP contribution in [-0.4, -0.2) is 0 Å². The van der Waals surface area contributed by atoms with E-state index in [2.05, 4.69) is 221 Å². The summed E-state index contributed by atoms with van der Waals surface area (Å²) in [6.45, 7) is 9.42. The number of benzene rings is 10. The quantitative estimate of drug-likeness (QED) is 0.173. The summed E-state index contributed by atoms with van der Waals surface area (Å²) < 4.78 is 13.7. The van der Waals surface area contributed by atoms with Crippen molar-refractivity contribution in [1.29, 1.82) is 0 Å². The zero-order chi connectivity index (χ0) is 44.8. The van der Waals surface area contributed by atoms with Crippen LogP contribution in [0.15, 0.2) is 209 Å². The number of rotatable bonds is 5. The van der Waals surface area contributed by atoms with Gasteiger partial charge in [0.05, 0.1) is 11.1 Å². The minimum atomic E-state index is -0.170. The highest BCUT2D eigenvalue weighted by atomic mass is 16.3. The van der Waals surface area contributed by atoms with Crippen LogP contribution in [-0.2, 0) is 10.8 Å². The molecule has 2 aromatic heterocycles. The summed E-state index contributed by atoms with van der Waals surface area (Å²) in [7, 11) is 0. The van der Waals surface area contributed by atoms with Crippen LogP contribution in [0.3, 0.4) is 0 Å². The van der Waals surface area contributed by atoms with Crippen LogP contribution in [0.25, 0.3) is 99.2 Å². The summed E-state index contributed by atoms with van der Waals surface area (Å²) in [5.74, 6) is 0. The van der Waals surface area contributed by atoms with Gasteiger partial charge in [0.25, 0.3) is 0 Å². The fourth-order valence-electron chi connectivity index (χ4n) is 12.0. The Bertz CT molecular complexity index is 4050. The van der Waals surface area contributed by atoms with E-state index in [4.69, 9.17) is 8.83 Å². The van der Waals surface area contributed by atoms with E-state index in [1.54, 1.807) is 0 Å². The van der Waals surface area contributed by atoms with Gasteiger partial charge in [-0.3, -0.25) is 0 Å². The molecule has 12 aromatic rings. The number of furan rings is 2. The van der Waals surface area contributed by atoms with Crippen LogP contribution in [0, 0.1) is 0 Å². The van der Waals surface area contributed by atoms with Crippen molar-refractivity contribution in [3.63, 3.8) is 0 Å². The number of fused-ring (bicyclic) bond motifs is 13. The molecule has 0 amide bonds. The van der Waals surface area contributed by atoms with Crippen molar-refractivity contribution in [2.24, 2.45) is 0 Å². The third-order valence-electron chi connectivity index (χ3n) is 15.3. The molecule has 0 saturated carbocycles. The lowest BCUT2D eigenvalue weighted by atomic mass is 9.81. The summed E-state index contributed by atoms with van der Waals surface area (Å²) >= 11 is 0. The second-order valence-electron chi connectivity index (χ2n) is 19.6. The Hall–Kier alpha value is -8.14. The number of hydrogen-bond acceptors (Lipinski definition) is 3. The van der Waals surface area contributed by atoms with Crippen LogP contribution in [0.5, 0.6) is 0 Å². The highest BCUT2D eigenvalue weighted by Gasteiger charge is 2.37. The minimum absolute atomic E-state index is 0.132. The Morgan fingerprint density at radius 3 is 1.69 bits per heavy atom. The lowest BCUT2D eigenvalue weighted by Crippen LogP contribution is -2.16. The van der Waals surface area contributed by atoms with E-state index >= 15 is 0 Å². The van der Waals surface area contributed by atoms with Gasteiger partial charge in [-0.1, -0.05) is 173 Å². The van der Waals surface area contributed by atoms with Gasteiger partial charge in [0.15, 0.2) is 0 Å². The van der Waals surface area contributed by atoms with Gasteiger partial charge >= 0.3 is 0 Å². The van der Waals surface area contributed by atoms with Crippen molar-refractivity contribution in [3.05, 3.63) is 222 Å². The van der Waals surface area contributed by atoms with Gasteiger partial charge in [0, 0.05) is 49.5 Å². The summed E-state index contributed by atoms with van der Waals surface area (Å²) in [6.07, 6.45) is 0. The zero-order valence-electron chi connectivity index (χ0n) is 37.8. The van der Waals surface area contributed by atoms with E-state index in [-0.39, 0.29) is 10.8 Å². The summed E-state index contributed by atoms with van der Waals surface area (Å²) in [5.41, 5.74) is 21.6. The molecule has 2 aliphatic carbocycles. The molecular formula is C64H45NO2. The Kier molecular flexibility index (Phi) is 7.80. The first kappa shape index (κ1) is 38.2. The second-order valence-corrected chi connectivity index (χ2v) is 19.6. The normalized spacial score (nSPS) is 14.2. The smallest absolute Gasteiger partial charge is 0.143 e. The summed E-state index contributed by atoms with van der Waals surface area (Å²) in [6, 6.07) is 73.3. The molecule has 3 nitrogen and oxygen atoms in total. The molecule has 0 bridgehead atoms. The van der Waals surface area contributed by atoms with Crippen molar-refractivity contribution in [2.75, 3.05) is 4.90 Å². The van der Waals surface area contributed by atoms with Crippen molar-refractivity contribution in [3.8, 4) is 44.5 Å². The number of nitrogens with zero attached hydrogens (tertiary/aromatic N) is 1. The highest BCUT2D eigenvalue weighted by Crippen LogP contribution is 2.54. The molecule has 3 heteroatoms. The van der Waals surface area contributed by atoms with Crippen LogP contribution in [0.1, 0.15) is 49.9 Å². The van der Waals surface area contributed by atoms with E-state index in [0.29, 0.717) is 0 Å². The largest absolute Gasteiger partial charge is 0.455 e. The Morgan fingerprint density at radius 2 is 0.910 bits per heavy atom. The predicted octanol–water partition coefficient (Wildman–Crippen LogP) is 18.1. The van der Waals surface area contributed by atoms with E-state index in [1.165, 1.54) is 55.3 Å². The molecule has 0 spiro atoms. The number of anilines is 3. The van der Waals surface area contributed by atoms with Crippen molar-refractivity contribution >= 4 is 71.7 Å². The van der Waals surface area contributed by atoms with Crippen molar-refractivity contribution < 1.29 is 8.83 Å². The van der Waals surface area contributed by atoms with E-state index in [1.807, 2.05) is 12.1 Å². The fourth-order valence-corrected chi connectivity index (χ4v) is 12.0. The highest BCUT2D eigenvalue weighted by molar-refractivity contribution is 6.22. The molecule has 2 heterocycles. The van der Waals surface area contributed by atoms with Gasteiger partial charge in [0.2, 0.25) is 0 Å². The Balaban J connectivity index is 0.992. The van der Waals surface area contributed by atoms with Gasteiger partial charge < -0.3 is 13.7 Å². The number of para-hydroxylation sites is 2. The topological polar surface area (TPSA) is 29.5 Å². The SMILES string of the molecule is CC1(C)c2ccccc2-c2ccc(-c3c4ccccc4cc4c3oc3cccc(N(c5ccc(-c6cccc7c6oc6ccccc67)cc5)c5ccc6c(c5)C(C)(C)c5ccccc5-6)c34)cc21. The maximum absolute atomic E-state index is 7.20. The summed E-state index contributed by atoms with van der Waals surface area (Å²) in [4.78, 5) is 2.44. The Labute approximate surface area is 389 Å². The van der Waals surface area contributed by atoms with Crippen molar-refractivity contribution in [2.45, 2.75) is 38.5 Å². The summed E-state index contributed by atoms with van der Waals surface area (Å²) in [5, 5.41) is 6.78. The monoisotopic (exact) mass is 859 g/mol. The van der Waals surface area contributed by atoms with Crippen LogP contribution in [0.4, 0.5) is 17.1 Å². The molecule has 0 aliphatic heterocycles. The first-order valence-corrected chi connectivity index (χ1v) is 23.4. The predicted molar refractivity (Wildman–Crippen MR) is 279 cm³/mol. The molecule has 0 unspecified atom stereocenters. The minimum Gasteiger partial charge on any atom is -0.455 e. The maximum atomic E-state index is 7.20. The average molecular weight is 860 g/mol. The van der Waals surface area contributed by atoms with Gasteiger partial charge in [-0.2, -0.15) is 0 Å². The lowest BCUT2D eigenvalue weighted by molar-refractivity contribution is 0.660. The third-order valence-corrected chi connectivity index (χ3v) is 15.3. The molecule has 0 atom stereocenters. The standard InChI is InChI=1S/C64H45NO2/c1-63(2)52-22-10-7-17-45(52)47-33-29-40(36-54(47)63)59-43-16-6-5-15-39(43)35-51-60-56(24-14-26-58(60)67-62(51)59)65(42-32-34-48-46-18-8-11-23-53(46)64(3,4)55(48)37-42)41-30-27-38(28-31-41)44-20-13-21-50-49-19-9-12-25-57(49)66-61(44)50/h5-37H,1-4H3. The lowest BCUT2D eigenvalue weighted by Gasteiger charge is -2.29. The average Bonchev–Trinajstić information content (AvgIpc) is 4.06. The second kappa shape index (κ2) is 13.7. The molecule has 10 aromatic carbocycles. The van der Waals surface area contributed by atoms with Gasteiger partial charge in [-0.15, -0.1) is 0 Å². The van der Waals surface area contributed by atoms with E-state index < -0.39 is 0 Å². The molecule has 14 rings (SSSR count). The fraction of sp³-hybridized carbons (Fsp3) is 0.0938. The molecule has 2 aliphatic rings. The van der Waals surface area contributed by atoms with Gasteiger partial charge in [0.1, 0.15) is 22.3 Å². The maximum Gasteiger partial charge on any atom is 0.143 e. The van der Waals surface area contributed by atoms with Crippen LogP contribution in [0.2, 0.25) is 0 Å². The molecule has 67 heavy (non-hydrogen) atoms. The zero-order valence-corrected chi connectivity index (χ0v) is 37.8. The molecule has 0 N–H and O–H groups in total. The molecular weight excluding hydrogens is 815 g/mol. The van der Waals surface area contributed by atoms with Crippen LogP contribution >= 0.6 is 0 Å². The third kappa shape index (κ3) is 5.34.